The summed E-state index contributed by atoms with van der Waals surface area (Å²) >= 11 is 0. The highest BCUT2D eigenvalue weighted by atomic mass is 16.4. The molecule has 1 atom stereocenters. The van der Waals surface area contributed by atoms with Crippen molar-refractivity contribution in [1.82, 2.24) is 15.3 Å². The second kappa shape index (κ2) is 10.3. The number of aryl methyl sites for hydroxylation is 1. The lowest BCUT2D eigenvalue weighted by Crippen LogP contribution is -2.41. The first kappa shape index (κ1) is 24.4. The van der Waals surface area contributed by atoms with Gasteiger partial charge in [-0.25, -0.2) is 9.78 Å². The molecule has 0 aliphatic rings. The summed E-state index contributed by atoms with van der Waals surface area (Å²) < 4.78 is 0. The van der Waals surface area contributed by atoms with E-state index in [1.54, 1.807) is 31.2 Å². The average Bonchev–Trinajstić information content (AvgIpc) is 2.84. The lowest BCUT2D eigenvalue weighted by Gasteiger charge is -2.14. The molecule has 10 nitrogen and oxygen atoms in total. The van der Waals surface area contributed by atoms with Gasteiger partial charge in [0.05, 0.1) is 10.9 Å². The van der Waals surface area contributed by atoms with E-state index < -0.39 is 23.9 Å². The summed E-state index contributed by atoms with van der Waals surface area (Å²) in [6.45, 7) is 2.24. The molecule has 1 aromatic heterocycles. The number of rotatable bonds is 9. The zero-order valence-corrected chi connectivity index (χ0v) is 19.4. The van der Waals surface area contributed by atoms with Crippen LogP contribution in [0.15, 0.2) is 59.4 Å². The monoisotopic (exact) mass is 488 g/mol. The number of anilines is 1. The smallest absolute Gasteiger partial charge is 0.326 e. The van der Waals surface area contributed by atoms with Gasteiger partial charge in [0.15, 0.2) is 0 Å². The number of aromatic amines is 1. The van der Waals surface area contributed by atoms with E-state index in [0.717, 1.165) is 22.0 Å². The number of fused-ring (bicyclic) bond motifs is 3. The van der Waals surface area contributed by atoms with Crippen molar-refractivity contribution in [3.05, 3.63) is 81.9 Å². The fraction of sp³-hybridized carbons (Fsp3) is 0.192. The predicted octanol–water partition coefficient (Wildman–Crippen LogP) is 3.04. The van der Waals surface area contributed by atoms with Crippen molar-refractivity contribution in [1.29, 1.82) is 0 Å². The Kier molecular flexibility index (Phi) is 6.95. The number of hydrogen-bond donors (Lipinski definition) is 5. The zero-order chi connectivity index (χ0) is 25.8. The van der Waals surface area contributed by atoms with Crippen molar-refractivity contribution in [2.24, 2.45) is 0 Å². The number of nitrogens with one attached hydrogen (secondary N) is 3. The highest BCUT2D eigenvalue weighted by Crippen LogP contribution is 2.23. The molecule has 10 heteroatoms. The van der Waals surface area contributed by atoms with Gasteiger partial charge in [0, 0.05) is 24.2 Å². The van der Waals surface area contributed by atoms with Crippen LogP contribution in [0, 0.1) is 6.92 Å². The number of carboxylic acid groups (broad SMARTS) is 2. The number of benzene rings is 3. The summed E-state index contributed by atoms with van der Waals surface area (Å²) in [5, 5.41) is 25.9. The van der Waals surface area contributed by atoms with Crippen molar-refractivity contribution in [2.45, 2.75) is 32.4 Å². The molecule has 184 valence electrons. The fourth-order valence-electron chi connectivity index (χ4n) is 3.96. The lowest BCUT2D eigenvalue weighted by atomic mass is 10.0. The Bertz CT molecular complexity index is 1530. The number of carboxylic acids is 2. The molecule has 0 radical (unpaired) electrons. The van der Waals surface area contributed by atoms with Crippen molar-refractivity contribution in [3.8, 4) is 0 Å². The minimum atomic E-state index is -1.29. The maximum absolute atomic E-state index is 12.4. The van der Waals surface area contributed by atoms with Crippen LogP contribution in [-0.4, -0.2) is 44.1 Å². The summed E-state index contributed by atoms with van der Waals surface area (Å²) in [6, 6.07) is 14.8. The second-order valence-corrected chi connectivity index (χ2v) is 8.39. The molecule has 5 N–H and O–H groups in total. The van der Waals surface area contributed by atoms with E-state index in [1.807, 2.05) is 30.3 Å². The van der Waals surface area contributed by atoms with Gasteiger partial charge in [-0.2, -0.15) is 0 Å². The Hall–Kier alpha value is -4.73. The van der Waals surface area contributed by atoms with E-state index in [-0.39, 0.29) is 24.0 Å². The van der Waals surface area contributed by atoms with Crippen LogP contribution < -0.4 is 16.2 Å². The number of hydrogen-bond acceptors (Lipinski definition) is 6. The highest BCUT2D eigenvalue weighted by molar-refractivity contribution is 6.05. The molecule has 4 rings (SSSR count). The molecule has 0 bridgehead atoms. The molecule has 0 aliphatic carbocycles. The van der Waals surface area contributed by atoms with Gasteiger partial charge in [-0.3, -0.25) is 14.4 Å². The molecule has 0 spiro atoms. The number of nitrogens with zero attached hydrogens (tertiary/aromatic N) is 1. The van der Waals surface area contributed by atoms with Crippen LogP contribution in [-0.2, 0) is 16.1 Å². The molecular formula is C26H24N4O6. The first-order valence-electron chi connectivity index (χ1n) is 11.2. The van der Waals surface area contributed by atoms with Crippen molar-refractivity contribution in [3.63, 3.8) is 0 Å². The van der Waals surface area contributed by atoms with Crippen LogP contribution in [0.4, 0.5) is 5.69 Å². The fourth-order valence-corrected chi connectivity index (χ4v) is 3.96. The van der Waals surface area contributed by atoms with Crippen LogP contribution in [0.25, 0.3) is 21.7 Å². The van der Waals surface area contributed by atoms with E-state index in [9.17, 15) is 24.3 Å². The van der Waals surface area contributed by atoms with Gasteiger partial charge in [-0.05, 0) is 66.1 Å². The number of aliphatic carboxylic acids is 2. The maximum Gasteiger partial charge on any atom is 0.326 e. The van der Waals surface area contributed by atoms with Gasteiger partial charge in [0.25, 0.3) is 11.5 Å². The van der Waals surface area contributed by atoms with Gasteiger partial charge in [-0.15, -0.1) is 0 Å². The minimum Gasteiger partial charge on any atom is -0.481 e. The lowest BCUT2D eigenvalue weighted by molar-refractivity contribution is -0.140. The summed E-state index contributed by atoms with van der Waals surface area (Å²) in [6.07, 6.45) is -0.569. The summed E-state index contributed by atoms with van der Waals surface area (Å²) in [4.78, 5) is 54.0. The first-order chi connectivity index (χ1) is 17.2. The molecule has 1 amide bonds. The Labute approximate surface area is 205 Å². The van der Waals surface area contributed by atoms with E-state index >= 15 is 0 Å². The molecule has 0 aliphatic heterocycles. The zero-order valence-electron chi connectivity index (χ0n) is 19.4. The molecule has 0 saturated carbocycles. The number of aromatic nitrogens is 2. The standard InChI is InChI=1S/C26H24N4O6/c1-14-28-20-9-5-17-12-15(2-8-19(17)23(20)25(34)29-14)13-27-18-6-3-16(4-7-18)24(33)30-21(26(35)36)10-11-22(31)32/h2-9,12,21,27H,10-11,13H2,1H3,(H,30,33)(H,31,32)(H,35,36)(H,28,29,34)/t21-/m0/s1. The third kappa shape index (κ3) is 5.49. The molecule has 1 heterocycles. The van der Waals surface area contributed by atoms with Crippen LogP contribution in [0.3, 0.4) is 0 Å². The van der Waals surface area contributed by atoms with Gasteiger partial charge in [0.2, 0.25) is 0 Å². The normalized spacial score (nSPS) is 11.8. The third-order valence-corrected chi connectivity index (χ3v) is 5.77. The summed E-state index contributed by atoms with van der Waals surface area (Å²) in [5.41, 5.74) is 2.48. The van der Waals surface area contributed by atoms with Crippen LogP contribution >= 0.6 is 0 Å². The topological polar surface area (TPSA) is 161 Å². The molecule has 0 saturated heterocycles. The van der Waals surface area contributed by atoms with E-state index in [4.69, 9.17) is 5.11 Å². The van der Waals surface area contributed by atoms with E-state index in [0.29, 0.717) is 23.3 Å². The number of carbonyl (C=O) groups excluding carboxylic acids is 1. The van der Waals surface area contributed by atoms with Crippen molar-refractivity contribution in [2.75, 3.05) is 5.32 Å². The SMILES string of the molecule is Cc1nc2ccc3cc(CNc4ccc(C(=O)N[C@@H](CCC(=O)O)C(=O)O)cc4)ccc3c2c(=O)[nH]1. The van der Waals surface area contributed by atoms with Gasteiger partial charge < -0.3 is 25.8 Å². The molecule has 4 aromatic rings. The molecule has 36 heavy (non-hydrogen) atoms. The summed E-state index contributed by atoms with van der Waals surface area (Å²) in [7, 11) is 0. The van der Waals surface area contributed by atoms with Crippen molar-refractivity contribution < 1.29 is 24.6 Å². The second-order valence-electron chi connectivity index (χ2n) is 8.39. The largest absolute Gasteiger partial charge is 0.481 e. The molecule has 0 fully saturated rings. The van der Waals surface area contributed by atoms with Gasteiger partial charge in [-0.1, -0.05) is 18.2 Å². The Morgan fingerprint density at radius 2 is 1.78 bits per heavy atom. The van der Waals surface area contributed by atoms with Crippen LogP contribution in [0.2, 0.25) is 0 Å². The van der Waals surface area contributed by atoms with Gasteiger partial charge >= 0.3 is 11.9 Å². The highest BCUT2D eigenvalue weighted by Gasteiger charge is 2.21. The quantitative estimate of drug-likeness (QED) is 0.225. The molecular weight excluding hydrogens is 464 g/mol. The van der Waals surface area contributed by atoms with Crippen LogP contribution in [0.5, 0.6) is 0 Å². The summed E-state index contributed by atoms with van der Waals surface area (Å²) in [5.74, 6) is -2.45. The average molecular weight is 489 g/mol. The van der Waals surface area contributed by atoms with E-state index in [2.05, 4.69) is 20.6 Å². The molecule has 3 aromatic carbocycles. The Morgan fingerprint density at radius 3 is 2.47 bits per heavy atom. The van der Waals surface area contributed by atoms with Gasteiger partial charge in [0.1, 0.15) is 11.9 Å². The maximum atomic E-state index is 12.4. The Balaban J connectivity index is 1.42. The Morgan fingerprint density at radius 1 is 1.03 bits per heavy atom. The number of carbonyl (C=O) groups is 3. The van der Waals surface area contributed by atoms with E-state index in [1.165, 1.54) is 0 Å². The van der Waals surface area contributed by atoms with Crippen molar-refractivity contribution >= 4 is 45.2 Å². The molecule has 0 unspecified atom stereocenters. The number of amides is 1. The number of H-pyrrole nitrogens is 1. The predicted molar refractivity (Wildman–Crippen MR) is 134 cm³/mol. The third-order valence-electron chi connectivity index (χ3n) is 5.77. The first-order valence-corrected chi connectivity index (χ1v) is 11.2. The van der Waals surface area contributed by atoms with Crippen LogP contribution in [0.1, 0.15) is 34.6 Å². The minimum absolute atomic E-state index is 0.172.